The van der Waals surface area contributed by atoms with Crippen molar-refractivity contribution in [1.82, 2.24) is 19.9 Å². The molecule has 0 bridgehead atoms. The quantitative estimate of drug-likeness (QED) is 0.364. The summed E-state index contributed by atoms with van der Waals surface area (Å²) >= 11 is 6.09. The van der Waals surface area contributed by atoms with Crippen LogP contribution >= 0.6 is 11.6 Å². The fourth-order valence-corrected chi connectivity index (χ4v) is 8.34. The smallest absolute Gasteiger partial charge is 0.407 e. The lowest BCUT2D eigenvalue weighted by molar-refractivity contribution is -0.121. The molecular formula is C30H40ClFN4O5S. The Morgan fingerprint density at radius 2 is 1.88 bits per heavy atom. The van der Waals surface area contributed by atoms with E-state index in [9.17, 15) is 18.0 Å². The largest absolute Gasteiger partial charge is 0.453 e. The molecule has 1 aliphatic heterocycles. The summed E-state index contributed by atoms with van der Waals surface area (Å²) in [5, 5.41) is 6.22. The average molecular weight is 623 g/mol. The highest BCUT2D eigenvalue weighted by atomic mass is 35.5. The number of ketones is 1. The van der Waals surface area contributed by atoms with Gasteiger partial charge in [0.05, 0.1) is 24.6 Å². The number of nitrogens with zero attached hydrogens (tertiary/aromatic N) is 2. The summed E-state index contributed by atoms with van der Waals surface area (Å²) in [6, 6.07) is 5.60. The second kappa shape index (κ2) is 13.8. The van der Waals surface area contributed by atoms with E-state index in [4.69, 9.17) is 16.3 Å². The number of ether oxygens (including phenoxy) is 1. The Morgan fingerprint density at radius 3 is 2.50 bits per heavy atom. The van der Waals surface area contributed by atoms with Gasteiger partial charge in [0.1, 0.15) is 5.82 Å². The highest BCUT2D eigenvalue weighted by molar-refractivity contribution is 7.90. The minimum atomic E-state index is -3.43. The number of methoxy groups -OCH3 is 1. The predicted octanol–water partition coefficient (Wildman–Crippen LogP) is 4.24. The molecular weight excluding hydrogens is 583 g/mol. The first-order valence-corrected chi connectivity index (χ1v) is 16.3. The van der Waals surface area contributed by atoms with Gasteiger partial charge >= 0.3 is 6.09 Å². The molecule has 2 heterocycles. The summed E-state index contributed by atoms with van der Waals surface area (Å²) in [5.74, 6) is -1.34. The number of halogens is 2. The summed E-state index contributed by atoms with van der Waals surface area (Å²) < 4.78 is 48.1. The van der Waals surface area contributed by atoms with Crippen LogP contribution in [0.15, 0.2) is 36.7 Å². The maximum absolute atomic E-state index is 15.2. The van der Waals surface area contributed by atoms with E-state index in [1.807, 2.05) is 32.9 Å². The molecule has 1 amide bonds. The van der Waals surface area contributed by atoms with Crippen molar-refractivity contribution in [1.29, 1.82) is 0 Å². The number of benzene rings is 1. The number of pyridine rings is 1. The van der Waals surface area contributed by atoms with Crippen molar-refractivity contribution in [2.75, 3.05) is 20.2 Å². The monoisotopic (exact) mass is 622 g/mol. The molecule has 2 fully saturated rings. The summed E-state index contributed by atoms with van der Waals surface area (Å²) in [4.78, 5) is 30.2. The fraction of sp³-hybridized carbons (Fsp3) is 0.567. The molecule has 9 nitrogen and oxygen atoms in total. The number of aromatic nitrogens is 1. The van der Waals surface area contributed by atoms with Gasteiger partial charge < -0.3 is 15.4 Å². The zero-order valence-corrected chi connectivity index (χ0v) is 26.1. The lowest BCUT2D eigenvalue weighted by atomic mass is 9.79. The van der Waals surface area contributed by atoms with Crippen LogP contribution in [0.4, 0.5) is 9.18 Å². The van der Waals surface area contributed by atoms with E-state index in [-0.39, 0.29) is 41.9 Å². The number of Topliss-reactive ketones (excluding diaryl/α,β-unsaturated/α-hetero) is 1. The van der Waals surface area contributed by atoms with Crippen molar-refractivity contribution < 1.29 is 27.1 Å². The number of nitrogens with one attached hydrogen (secondary N) is 2. The van der Waals surface area contributed by atoms with Crippen LogP contribution in [-0.4, -0.2) is 73.2 Å². The highest BCUT2D eigenvalue weighted by Crippen LogP contribution is 2.35. The van der Waals surface area contributed by atoms with Gasteiger partial charge in [-0.05, 0) is 67.3 Å². The highest BCUT2D eigenvalue weighted by Gasteiger charge is 2.45. The maximum Gasteiger partial charge on any atom is 0.407 e. The van der Waals surface area contributed by atoms with Gasteiger partial charge in [0.25, 0.3) is 0 Å². The normalized spacial score (nSPS) is 21.1. The van der Waals surface area contributed by atoms with E-state index < -0.39 is 33.9 Å². The molecule has 2 aliphatic rings. The van der Waals surface area contributed by atoms with Crippen molar-refractivity contribution in [3.63, 3.8) is 0 Å². The molecule has 0 spiro atoms. The third kappa shape index (κ3) is 7.48. The van der Waals surface area contributed by atoms with E-state index in [2.05, 4.69) is 15.6 Å². The van der Waals surface area contributed by atoms with Crippen LogP contribution in [0, 0.1) is 11.7 Å². The predicted molar refractivity (Wildman–Crippen MR) is 159 cm³/mol. The molecule has 2 aromatic rings. The number of alkyl carbamates (subject to hydrolysis) is 1. The van der Waals surface area contributed by atoms with Crippen molar-refractivity contribution in [2.45, 2.75) is 82.2 Å². The summed E-state index contributed by atoms with van der Waals surface area (Å²) in [5.41, 5.74) is 1.55. The number of amides is 1. The zero-order valence-electron chi connectivity index (χ0n) is 24.5. The topological polar surface area (TPSA) is 118 Å². The van der Waals surface area contributed by atoms with Crippen molar-refractivity contribution in [2.24, 2.45) is 5.92 Å². The number of sulfonamides is 1. The van der Waals surface area contributed by atoms with E-state index >= 15 is 4.39 Å². The van der Waals surface area contributed by atoms with Gasteiger partial charge in [-0.1, -0.05) is 37.6 Å². The molecule has 1 aliphatic carbocycles. The summed E-state index contributed by atoms with van der Waals surface area (Å²) in [7, 11) is -2.20. The number of hydrogen-bond acceptors (Lipinski definition) is 7. The van der Waals surface area contributed by atoms with Gasteiger partial charge in [-0.15, -0.1) is 0 Å². The van der Waals surface area contributed by atoms with Crippen LogP contribution in [0.2, 0.25) is 5.02 Å². The first-order valence-electron chi connectivity index (χ1n) is 14.4. The van der Waals surface area contributed by atoms with Gasteiger partial charge in [0, 0.05) is 48.7 Å². The van der Waals surface area contributed by atoms with E-state index in [0.717, 1.165) is 11.8 Å². The Bertz CT molecular complexity index is 1370. The lowest BCUT2D eigenvalue weighted by Crippen LogP contribution is -2.59. The lowest BCUT2D eigenvalue weighted by Gasteiger charge is -2.40. The molecule has 230 valence electrons. The molecule has 0 unspecified atom stereocenters. The van der Waals surface area contributed by atoms with Gasteiger partial charge in [-0.2, -0.15) is 4.31 Å². The van der Waals surface area contributed by atoms with Crippen LogP contribution in [0.5, 0.6) is 0 Å². The molecule has 1 saturated carbocycles. The number of carbonyl (C=O) groups is 2. The molecule has 1 aromatic carbocycles. The van der Waals surface area contributed by atoms with Crippen molar-refractivity contribution in [3.05, 3.63) is 64.2 Å². The second-order valence-electron chi connectivity index (χ2n) is 11.6. The van der Waals surface area contributed by atoms with Crippen molar-refractivity contribution >= 4 is 33.5 Å². The van der Waals surface area contributed by atoms with Gasteiger partial charge in [0.15, 0.2) is 5.78 Å². The minimum Gasteiger partial charge on any atom is -0.453 e. The van der Waals surface area contributed by atoms with Gasteiger partial charge in [-0.25, -0.2) is 17.6 Å². The van der Waals surface area contributed by atoms with Gasteiger partial charge in [-0.3, -0.25) is 9.78 Å². The zero-order chi connectivity index (χ0) is 30.6. The molecule has 42 heavy (non-hydrogen) atoms. The van der Waals surface area contributed by atoms with Crippen LogP contribution in [-0.2, 0) is 32.4 Å². The Morgan fingerprint density at radius 1 is 1.19 bits per heavy atom. The first-order chi connectivity index (χ1) is 19.9. The van der Waals surface area contributed by atoms with Crippen LogP contribution < -0.4 is 10.6 Å². The molecule has 4 atom stereocenters. The van der Waals surface area contributed by atoms with E-state index in [0.29, 0.717) is 48.5 Å². The molecule has 2 N–H and O–H groups in total. The second-order valence-corrected chi connectivity index (χ2v) is 14.2. The number of piperazine rings is 1. The molecule has 4 rings (SSSR count). The van der Waals surface area contributed by atoms with Crippen LogP contribution in [0.3, 0.4) is 0 Å². The Kier molecular flexibility index (Phi) is 10.6. The first kappa shape index (κ1) is 32.3. The van der Waals surface area contributed by atoms with Crippen molar-refractivity contribution in [3.8, 4) is 0 Å². The van der Waals surface area contributed by atoms with E-state index in [1.165, 1.54) is 13.3 Å². The van der Waals surface area contributed by atoms with Crippen LogP contribution in [0.25, 0.3) is 0 Å². The minimum absolute atomic E-state index is 0.0532. The number of hydrogen-bond donors (Lipinski definition) is 2. The Balaban J connectivity index is 1.58. The SMILES string of the molecule is COC(=O)N[C@H](C(=O)Cc1cncc(F)c1CC[C@H]1CNC[C@@H](C)N1S(=O)(=O)C1CC1)[C@@H](c1ccc(Cl)cc1)C(C)C. The molecule has 0 radical (unpaired) electrons. The summed E-state index contributed by atoms with van der Waals surface area (Å²) in [6.07, 6.45) is 3.62. The summed E-state index contributed by atoms with van der Waals surface area (Å²) in [6.45, 7) is 6.82. The standard InChI is InChI=1S/C30H40ClFN4O5S/c1-18(2)28(20-5-7-22(31)8-6-20)29(35-30(38)41-4)27(37)13-21-15-34-17-26(32)25(21)12-9-23-16-33-14-19(3)36(23)42(39,40)24-10-11-24/h5-8,15,17-19,23-24,28-29,33H,9-14,16H2,1-4H3,(H,35,38)/t19-,23+,28-,29-/m1/s1. The fourth-order valence-electron chi connectivity index (χ4n) is 5.97. The van der Waals surface area contributed by atoms with Gasteiger partial charge in [0.2, 0.25) is 10.0 Å². The molecule has 1 saturated heterocycles. The Hall–Kier alpha value is -2.60. The average Bonchev–Trinajstić information content (AvgIpc) is 3.79. The third-order valence-electron chi connectivity index (χ3n) is 8.18. The molecule has 1 aromatic heterocycles. The molecule has 12 heteroatoms. The number of rotatable bonds is 12. The maximum atomic E-state index is 15.2. The van der Waals surface area contributed by atoms with E-state index in [1.54, 1.807) is 16.4 Å². The Labute approximate surface area is 252 Å². The van der Waals surface area contributed by atoms with Crippen LogP contribution in [0.1, 0.15) is 62.6 Å². The third-order valence-corrected chi connectivity index (χ3v) is 11.0. The number of carbonyl (C=O) groups excluding carboxylic acids is 2.